The van der Waals surface area contributed by atoms with E-state index in [4.69, 9.17) is 0 Å². The summed E-state index contributed by atoms with van der Waals surface area (Å²) in [6.45, 7) is 0.882. The van der Waals surface area contributed by atoms with E-state index in [1.165, 1.54) is 24.3 Å². The smallest absolute Gasteiger partial charge is 0.309 e. The fraction of sp³-hybridized carbons (Fsp3) is 0.200. The van der Waals surface area contributed by atoms with Gasteiger partial charge in [-0.3, -0.25) is 0 Å². The lowest BCUT2D eigenvalue weighted by Crippen LogP contribution is -2.13. The largest absolute Gasteiger partial charge is 0.416 e. The molecule has 0 radical (unpaired) electrons. The molecule has 0 aliphatic carbocycles. The number of hydrogen-bond acceptors (Lipinski definition) is 1. The van der Waals surface area contributed by atoms with Crippen molar-refractivity contribution < 1.29 is 17.6 Å². The van der Waals surface area contributed by atoms with Crippen molar-refractivity contribution in [2.24, 2.45) is 0 Å². The molecule has 0 aliphatic rings. The van der Waals surface area contributed by atoms with Crippen molar-refractivity contribution in [3.8, 4) is 0 Å². The first kappa shape index (κ1) is 14.5. The Hall–Kier alpha value is -1.88. The van der Waals surface area contributed by atoms with Gasteiger partial charge in [0.1, 0.15) is 5.82 Å². The lowest BCUT2D eigenvalue weighted by atomic mass is 10.1. The summed E-state index contributed by atoms with van der Waals surface area (Å²) in [5, 5.41) is 3.06. The van der Waals surface area contributed by atoms with Crippen LogP contribution in [0, 0.1) is 5.82 Å². The third-order valence-electron chi connectivity index (χ3n) is 2.83. The van der Waals surface area contributed by atoms with Crippen molar-refractivity contribution in [1.29, 1.82) is 0 Å². The van der Waals surface area contributed by atoms with Crippen LogP contribution in [0.4, 0.5) is 17.6 Å². The molecule has 20 heavy (non-hydrogen) atoms. The first-order chi connectivity index (χ1) is 9.45. The predicted molar refractivity (Wildman–Crippen MR) is 68.4 cm³/mol. The molecule has 0 spiro atoms. The lowest BCUT2D eigenvalue weighted by molar-refractivity contribution is -0.137. The maximum atomic E-state index is 12.9. The molecular weight excluding hydrogens is 270 g/mol. The van der Waals surface area contributed by atoms with E-state index < -0.39 is 11.7 Å². The number of alkyl halides is 3. The summed E-state index contributed by atoms with van der Waals surface area (Å²) < 4.78 is 50.1. The van der Waals surface area contributed by atoms with Gasteiger partial charge in [-0.2, -0.15) is 13.2 Å². The molecule has 0 saturated carbocycles. The van der Waals surface area contributed by atoms with Crippen LogP contribution >= 0.6 is 0 Å². The van der Waals surface area contributed by atoms with E-state index >= 15 is 0 Å². The first-order valence-electron chi connectivity index (χ1n) is 6.06. The van der Waals surface area contributed by atoms with Gasteiger partial charge in [-0.15, -0.1) is 0 Å². The zero-order chi connectivity index (χ0) is 14.6. The summed E-state index contributed by atoms with van der Waals surface area (Å²) in [4.78, 5) is 0. The van der Waals surface area contributed by atoms with Crippen LogP contribution < -0.4 is 5.32 Å². The predicted octanol–water partition coefficient (Wildman–Crippen LogP) is 4.13. The van der Waals surface area contributed by atoms with Gasteiger partial charge in [0.2, 0.25) is 0 Å². The molecule has 0 unspecified atom stereocenters. The second-order valence-corrected chi connectivity index (χ2v) is 4.43. The van der Waals surface area contributed by atoms with E-state index in [1.54, 1.807) is 12.1 Å². The molecule has 2 aromatic carbocycles. The highest BCUT2D eigenvalue weighted by atomic mass is 19.4. The summed E-state index contributed by atoms with van der Waals surface area (Å²) >= 11 is 0. The summed E-state index contributed by atoms with van der Waals surface area (Å²) in [5.74, 6) is -0.307. The van der Waals surface area contributed by atoms with E-state index in [1.807, 2.05) is 0 Å². The molecule has 5 heteroatoms. The highest BCUT2D eigenvalue weighted by Crippen LogP contribution is 2.29. The molecule has 2 aromatic rings. The molecular formula is C15H13F4N. The molecule has 1 N–H and O–H groups in total. The Balaban J connectivity index is 1.88. The molecule has 0 heterocycles. The van der Waals surface area contributed by atoms with Crippen molar-refractivity contribution in [3.63, 3.8) is 0 Å². The zero-order valence-corrected chi connectivity index (χ0v) is 10.5. The van der Waals surface area contributed by atoms with Crippen LogP contribution in [0.25, 0.3) is 0 Å². The van der Waals surface area contributed by atoms with Crippen LogP contribution in [0.15, 0.2) is 48.5 Å². The standard InChI is InChI=1S/C15H13F4N/c16-14-3-1-2-12(8-14)10-20-9-11-4-6-13(7-5-11)15(17,18)19/h1-8,20H,9-10H2. The maximum absolute atomic E-state index is 12.9. The van der Waals surface area contributed by atoms with Gasteiger partial charge in [0.15, 0.2) is 0 Å². The van der Waals surface area contributed by atoms with Crippen LogP contribution in [0.1, 0.15) is 16.7 Å². The van der Waals surface area contributed by atoms with E-state index in [9.17, 15) is 17.6 Å². The molecule has 106 valence electrons. The number of rotatable bonds is 4. The van der Waals surface area contributed by atoms with Gasteiger partial charge in [-0.1, -0.05) is 24.3 Å². The summed E-state index contributed by atoms with van der Waals surface area (Å²) in [5.41, 5.74) is 0.873. The number of nitrogens with one attached hydrogen (secondary N) is 1. The highest BCUT2D eigenvalue weighted by molar-refractivity contribution is 5.24. The Bertz CT molecular complexity index is 561. The summed E-state index contributed by atoms with van der Waals surface area (Å²) in [6, 6.07) is 11.1. The van der Waals surface area contributed by atoms with E-state index in [0.29, 0.717) is 13.1 Å². The fourth-order valence-electron chi connectivity index (χ4n) is 1.81. The van der Waals surface area contributed by atoms with Crippen LogP contribution in [-0.2, 0) is 19.3 Å². The highest BCUT2D eigenvalue weighted by Gasteiger charge is 2.29. The number of benzene rings is 2. The quantitative estimate of drug-likeness (QED) is 0.832. The topological polar surface area (TPSA) is 12.0 Å². The SMILES string of the molecule is Fc1cccc(CNCc2ccc(C(F)(F)F)cc2)c1. The minimum absolute atomic E-state index is 0.307. The van der Waals surface area contributed by atoms with Crippen molar-refractivity contribution in [2.45, 2.75) is 19.3 Å². The molecule has 2 rings (SSSR count). The first-order valence-corrected chi connectivity index (χ1v) is 6.06. The molecule has 0 fully saturated rings. The maximum Gasteiger partial charge on any atom is 0.416 e. The van der Waals surface area contributed by atoms with E-state index in [2.05, 4.69) is 5.32 Å². The van der Waals surface area contributed by atoms with Gasteiger partial charge >= 0.3 is 6.18 Å². The second kappa shape index (κ2) is 6.05. The van der Waals surface area contributed by atoms with Crippen molar-refractivity contribution in [3.05, 3.63) is 71.0 Å². The fourth-order valence-corrected chi connectivity index (χ4v) is 1.81. The Morgan fingerprint density at radius 2 is 1.50 bits per heavy atom. The third-order valence-corrected chi connectivity index (χ3v) is 2.83. The summed E-state index contributed by atoms with van der Waals surface area (Å²) in [6.07, 6.45) is -4.31. The summed E-state index contributed by atoms with van der Waals surface area (Å²) in [7, 11) is 0. The average molecular weight is 283 g/mol. The normalized spacial score (nSPS) is 11.6. The van der Waals surface area contributed by atoms with Crippen LogP contribution in [0.2, 0.25) is 0 Å². The molecule has 0 amide bonds. The number of halogens is 4. The molecule has 0 saturated heterocycles. The monoisotopic (exact) mass is 283 g/mol. The van der Waals surface area contributed by atoms with Gasteiger partial charge in [0, 0.05) is 13.1 Å². The Labute approximate surface area is 114 Å². The molecule has 0 aliphatic heterocycles. The zero-order valence-electron chi connectivity index (χ0n) is 10.5. The van der Waals surface area contributed by atoms with Gasteiger partial charge in [0.05, 0.1) is 5.56 Å². The van der Waals surface area contributed by atoms with Crippen molar-refractivity contribution in [2.75, 3.05) is 0 Å². The molecule has 0 aromatic heterocycles. The van der Waals surface area contributed by atoms with E-state index in [0.717, 1.165) is 23.3 Å². The molecule has 1 nitrogen and oxygen atoms in total. The van der Waals surface area contributed by atoms with Gasteiger partial charge in [0.25, 0.3) is 0 Å². The molecule has 0 bridgehead atoms. The molecule has 0 atom stereocenters. The lowest BCUT2D eigenvalue weighted by Gasteiger charge is -2.08. The number of hydrogen-bond donors (Lipinski definition) is 1. The van der Waals surface area contributed by atoms with E-state index in [-0.39, 0.29) is 5.82 Å². The Kier molecular flexibility index (Phi) is 4.39. The van der Waals surface area contributed by atoms with Gasteiger partial charge in [-0.25, -0.2) is 4.39 Å². The van der Waals surface area contributed by atoms with Crippen LogP contribution in [0.3, 0.4) is 0 Å². The minimum Gasteiger partial charge on any atom is -0.309 e. The Morgan fingerprint density at radius 1 is 0.850 bits per heavy atom. The average Bonchev–Trinajstić information content (AvgIpc) is 2.38. The van der Waals surface area contributed by atoms with Gasteiger partial charge in [-0.05, 0) is 35.4 Å². The van der Waals surface area contributed by atoms with Crippen LogP contribution in [0.5, 0.6) is 0 Å². The second-order valence-electron chi connectivity index (χ2n) is 4.43. The Morgan fingerprint density at radius 3 is 2.10 bits per heavy atom. The van der Waals surface area contributed by atoms with Crippen molar-refractivity contribution >= 4 is 0 Å². The van der Waals surface area contributed by atoms with Crippen LogP contribution in [-0.4, -0.2) is 0 Å². The minimum atomic E-state index is -4.31. The van der Waals surface area contributed by atoms with Crippen molar-refractivity contribution in [1.82, 2.24) is 5.32 Å². The van der Waals surface area contributed by atoms with Gasteiger partial charge < -0.3 is 5.32 Å². The third kappa shape index (κ3) is 4.06.